The van der Waals surface area contributed by atoms with Gasteiger partial charge >= 0.3 is 0 Å². The summed E-state index contributed by atoms with van der Waals surface area (Å²) in [4.78, 5) is 2.36. The Morgan fingerprint density at radius 2 is 1.84 bits per heavy atom. The molecule has 0 heterocycles. The van der Waals surface area contributed by atoms with E-state index < -0.39 is 6.10 Å². The molecule has 0 spiro atoms. The quantitative estimate of drug-likeness (QED) is 0.588. The number of aliphatic hydroxyl groups is 1. The van der Waals surface area contributed by atoms with Crippen molar-refractivity contribution in [3.05, 3.63) is 23.8 Å². The fraction of sp³-hybridized carbons (Fsp3) is 0.700. The molecule has 1 rings (SSSR count). The Hall–Kier alpha value is -1.30. The molecule has 0 bridgehead atoms. The molecule has 0 aliphatic rings. The van der Waals surface area contributed by atoms with Crippen LogP contribution >= 0.6 is 0 Å². The van der Waals surface area contributed by atoms with Gasteiger partial charge in [0.1, 0.15) is 0 Å². The fourth-order valence-corrected chi connectivity index (χ4v) is 2.72. The highest BCUT2D eigenvalue weighted by Crippen LogP contribution is 2.27. The highest BCUT2D eigenvalue weighted by atomic mass is 16.5. The van der Waals surface area contributed by atoms with Crippen LogP contribution in [0.25, 0.3) is 0 Å². The first-order valence-electron chi connectivity index (χ1n) is 9.26. The minimum Gasteiger partial charge on any atom is -0.493 e. The van der Waals surface area contributed by atoms with E-state index >= 15 is 0 Å². The van der Waals surface area contributed by atoms with Gasteiger partial charge in [0.15, 0.2) is 11.5 Å². The first-order valence-corrected chi connectivity index (χ1v) is 9.26. The Bertz CT molecular complexity index is 481. The smallest absolute Gasteiger partial charge is 0.161 e. The van der Waals surface area contributed by atoms with Gasteiger partial charge < -0.3 is 19.3 Å². The van der Waals surface area contributed by atoms with Crippen LogP contribution in [-0.4, -0.2) is 56.1 Å². The maximum Gasteiger partial charge on any atom is 0.161 e. The molecule has 0 saturated carbocycles. The van der Waals surface area contributed by atoms with Crippen molar-refractivity contribution < 1.29 is 19.3 Å². The van der Waals surface area contributed by atoms with Gasteiger partial charge in [0.25, 0.3) is 0 Å². The molecule has 1 N–H and O–H groups in total. The topological polar surface area (TPSA) is 51.2 Å². The average molecular weight is 354 g/mol. The molecule has 144 valence electrons. The number of ether oxygens (including phenoxy) is 3. The average Bonchev–Trinajstić information content (AvgIpc) is 2.64. The molecular weight excluding hydrogens is 318 g/mol. The molecule has 0 aliphatic carbocycles. The van der Waals surface area contributed by atoms with Gasteiger partial charge in [-0.15, -0.1) is 0 Å². The van der Waals surface area contributed by atoms with E-state index in [0.717, 1.165) is 24.9 Å². The van der Waals surface area contributed by atoms with Crippen LogP contribution in [0.4, 0.5) is 0 Å². The van der Waals surface area contributed by atoms with Crippen LogP contribution < -0.4 is 9.47 Å². The lowest BCUT2D eigenvalue weighted by Crippen LogP contribution is -2.40. The van der Waals surface area contributed by atoms with Gasteiger partial charge in [-0.25, -0.2) is 0 Å². The molecule has 0 aromatic heterocycles. The Morgan fingerprint density at radius 3 is 2.44 bits per heavy atom. The second-order valence-electron chi connectivity index (χ2n) is 6.46. The van der Waals surface area contributed by atoms with E-state index in [1.165, 1.54) is 6.42 Å². The highest BCUT2D eigenvalue weighted by molar-refractivity contribution is 5.42. The third kappa shape index (κ3) is 7.63. The van der Waals surface area contributed by atoms with E-state index in [4.69, 9.17) is 14.2 Å². The molecule has 0 fully saturated rings. The summed E-state index contributed by atoms with van der Waals surface area (Å²) in [7, 11) is 3.23. The number of hydrogen-bond acceptors (Lipinski definition) is 5. The van der Waals surface area contributed by atoms with Crippen LogP contribution in [0.2, 0.25) is 0 Å². The van der Waals surface area contributed by atoms with Crippen LogP contribution in [-0.2, 0) is 11.3 Å². The zero-order valence-electron chi connectivity index (χ0n) is 16.5. The van der Waals surface area contributed by atoms with Gasteiger partial charge in [0.05, 0.1) is 33.5 Å². The maximum absolute atomic E-state index is 10.3. The predicted molar refractivity (Wildman–Crippen MR) is 101 cm³/mol. The molecule has 0 amide bonds. The standard InChI is InChI=1S/C20H35NO4/c1-6-8-11-21(16(3)7-2)13-18(22)15-25-14-17-9-10-19(23-4)20(12-17)24-5/h9-10,12,16,18,22H,6-8,11,13-15H2,1-5H3/t16-,18-/m1/s1. The van der Waals surface area contributed by atoms with Crippen molar-refractivity contribution in [1.29, 1.82) is 0 Å². The summed E-state index contributed by atoms with van der Waals surface area (Å²) in [6, 6.07) is 6.19. The second-order valence-corrected chi connectivity index (χ2v) is 6.46. The highest BCUT2D eigenvalue weighted by Gasteiger charge is 2.16. The molecule has 0 radical (unpaired) electrons. The minimum atomic E-state index is -0.481. The third-order valence-corrected chi connectivity index (χ3v) is 4.49. The van der Waals surface area contributed by atoms with E-state index in [1.807, 2.05) is 18.2 Å². The zero-order valence-corrected chi connectivity index (χ0v) is 16.5. The van der Waals surface area contributed by atoms with Gasteiger partial charge in [0.2, 0.25) is 0 Å². The van der Waals surface area contributed by atoms with Crippen LogP contribution in [0.3, 0.4) is 0 Å². The molecule has 5 nitrogen and oxygen atoms in total. The molecular formula is C20H35NO4. The van der Waals surface area contributed by atoms with E-state index in [-0.39, 0.29) is 0 Å². The van der Waals surface area contributed by atoms with Crippen molar-refractivity contribution in [1.82, 2.24) is 4.90 Å². The molecule has 0 saturated heterocycles. The summed E-state index contributed by atoms with van der Waals surface area (Å²) in [5, 5.41) is 10.3. The van der Waals surface area contributed by atoms with Crippen molar-refractivity contribution >= 4 is 0 Å². The lowest BCUT2D eigenvalue weighted by atomic mass is 10.1. The summed E-state index contributed by atoms with van der Waals surface area (Å²) in [6.45, 7) is 9.04. The number of aliphatic hydroxyl groups excluding tert-OH is 1. The molecule has 0 aliphatic heterocycles. The van der Waals surface area contributed by atoms with E-state index in [9.17, 15) is 5.11 Å². The summed E-state index contributed by atoms with van der Waals surface area (Å²) in [5.74, 6) is 1.39. The largest absolute Gasteiger partial charge is 0.493 e. The molecule has 2 atom stereocenters. The molecule has 5 heteroatoms. The van der Waals surface area contributed by atoms with Crippen molar-refractivity contribution in [2.24, 2.45) is 0 Å². The van der Waals surface area contributed by atoms with Crippen molar-refractivity contribution in [2.75, 3.05) is 33.9 Å². The summed E-state index contributed by atoms with van der Waals surface area (Å²) >= 11 is 0. The minimum absolute atomic E-state index is 0.327. The van der Waals surface area contributed by atoms with E-state index in [1.54, 1.807) is 14.2 Å². The number of hydrogen-bond donors (Lipinski definition) is 1. The summed E-state index contributed by atoms with van der Waals surface area (Å²) in [5.41, 5.74) is 0.995. The lowest BCUT2D eigenvalue weighted by molar-refractivity contribution is 0.00297. The van der Waals surface area contributed by atoms with Crippen LogP contribution in [0.15, 0.2) is 18.2 Å². The number of methoxy groups -OCH3 is 2. The number of unbranched alkanes of at least 4 members (excludes halogenated alkanes) is 1. The Morgan fingerprint density at radius 1 is 1.12 bits per heavy atom. The number of rotatable bonds is 13. The van der Waals surface area contributed by atoms with Crippen LogP contribution in [0, 0.1) is 0 Å². The van der Waals surface area contributed by atoms with Gasteiger partial charge in [-0.2, -0.15) is 0 Å². The van der Waals surface area contributed by atoms with Gasteiger partial charge in [-0.3, -0.25) is 4.90 Å². The Balaban J connectivity index is 2.46. The number of nitrogens with zero attached hydrogens (tertiary/aromatic N) is 1. The first kappa shape index (κ1) is 21.7. The zero-order chi connectivity index (χ0) is 18.7. The van der Waals surface area contributed by atoms with E-state index in [0.29, 0.717) is 37.3 Å². The van der Waals surface area contributed by atoms with Crippen molar-refractivity contribution in [3.63, 3.8) is 0 Å². The molecule has 25 heavy (non-hydrogen) atoms. The second kappa shape index (κ2) is 12.1. The Kier molecular flexibility index (Phi) is 10.5. The first-order chi connectivity index (χ1) is 12.0. The van der Waals surface area contributed by atoms with Crippen molar-refractivity contribution in [2.45, 2.75) is 58.8 Å². The third-order valence-electron chi connectivity index (χ3n) is 4.49. The van der Waals surface area contributed by atoms with Gasteiger partial charge in [-0.1, -0.05) is 26.3 Å². The van der Waals surface area contributed by atoms with Crippen LogP contribution in [0.1, 0.15) is 45.6 Å². The van der Waals surface area contributed by atoms with E-state index in [2.05, 4.69) is 25.7 Å². The number of benzene rings is 1. The van der Waals surface area contributed by atoms with Crippen molar-refractivity contribution in [3.8, 4) is 11.5 Å². The predicted octanol–water partition coefficient (Wildman–Crippen LogP) is 3.48. The molecule has 0 unspecified atom stereocenters. The lowest BCUT2D eigenvalue weighted by Gasteiger charge is -2.30. The molecule has 1 aromatic rings. The normalized spacial score (nSPS) is 13.7. The molecule has 1 aromatic carbocycles. The van der Waals surface area contributed by atoms with Gasteiger partial charge in [-0.05, 0) is 44.0 Å². The van der Waals surface area contributed by atoms with Crippen LogP contribution in [0.5, 0.6) is 11.5 Å². The van der Waals surface area contributed by atoms with Gasteiger partial charge in [0, 0.05) is 12.6 Å². The fourth-order valence-electron chi connectivity index (χ4n) is 2.72. The Labute approximate surface area is 152 Å². The monoisotopic (exact) mass is 353 g/mol. The summed E-state index contributed by atoms with van der Waals surface area (Å²) < 4.78 is 16.2. The SMILES string of the molecule is CCCCN(C[C@@H](O)COCc1ccc(OC)c(OC)c1)[C@H](C)CC. The summed E-state index contributed by atoms with van der Waals surface area (Å²) in [6.07, 6.45) is 2.93. The maximum atomic E-state index is 10.3.